The third-order valence-corrected chi connectivity index (χ3v) is 1.53. The molecule has 2 nitrogen and oxygen atoms in total. The Labute approximate surface area is 76.8 Å². The highest BCUT2D eigenvalue weighted by atomic mass is 35.5. The van der Waals surface area contributed by atoms with Crippen LogP contribution in [-0.4, -0.2) is 12.8 Å². The number of oxime groups is 1. The van der Waals surface area contributed by atoms with Gasteiger partial charge < -0.3 is 4.84 Å². The number of hydrogen-bond acceptors (Lipinski definition) is 2. The van der Waals surface area contributed by atoms with Gasteiger partial charge in [0.25, 0.3) is 0 Å². The molecule has 0 saturated heterocycles. The molecule has 1 aromatic rings. The van der Waals surface area contributed by atoms with Gasteiger partial charge in [-0.05, 0) is 24.6 Å². The van der Waals surface area contributed by atoms with E-state index in [1.165, 1.54) is 0 Å². The Balaban J connectivity index is 2.58. The van der Waals surface area contributed by atoms with E-state index in [9.17, 15) is 0 Å². The van der Waals surface area contributed by atoms with Crippen molar-refractivity contribution in [2.24, 2.45) is 5.16 Å². The summed E-state index contributed by atoms with van der Waals surface area (Å²) in [6.07, 6.45) is 1.65. The monoisotopic (exact) mass is 183 g/mol. The van der Waals surface area contributed by atoms with Crippen molar-refractivity contribution in [1.82, 2.24) is 0 Å². The summed E-state index contributed by atoms with van der Waals surface area (Å²) < 4.78 is 0. The van der Waals surface area contributed by atoms with Crippen LogP contribution in [0.3, 0.4) is 0 Å². The van der Waals surface area contributed by atoms with E-state index in [1.807, 2.05) is 31.2 Å². The number of benzene rings is 1. The van der Waals surface area contributed by atoms with Crippen molar-refractivity contribution in [1.29, 1.82) is 0 Å². The summed E-state index contributed by atoms with van der Waals surface area (Å²) >= 11 is 5.70. The lowest BCUT2D eigenvalue weighted by atomic mass is 10.2. The minimum Gasteiger partial charge on any atom is -0.396 e. The van der Waals surface area contributed by atoms with Crippen LogP contribution >= 0.6 is 11.6 Å². The van der Waals surface area contributed by atoms with Crippen molar-refractivity contribution >= 4 is 17.8 Å². The van der Waals surface area contributed by atoms with Gasteiger partial charge in [0.1, 0.15) is 6.61 Å². The van der Waals surface area contributed by atoms with Crippen LogP contribution in [0, 0.1) is 0 Å². The minimum absolute atomic E-state index is 0.587. The Morgan fingerprint density at radius 2 is 2.08 bits per heavy atom. The Kier molecular flexibility index (Phi) is 3.61. The fourth-order valence-electron chi connectivity index (χ4n) is 0.722. The van der Waals surface area contributed by atoms with Crippen LogP contribution in [0.1, 0.15) is 12.5 Å². The Hall–Kier alpha value is -1.02. The van der Waals surface area contributed by atoms with Gasteiger partial charge in [-0.3, -0.25) is 0 Å². The quantitative estimate of drug-likeness (QED) is 0.522. The molecule has 12 heavy (non-hydrogen) atoms. The number of halogens is 1. The van der Waals surface area contributed by atoms with Gasteiger partial charge in [-0.1, -0.05) is 28.9 Å². The highest BCUT2D eigenvalue weighted by Gasteiger charge is 1.87. The lowest BCUT2D eigenvalue weighted by Crippen LogP contribution is -1.83. The molecule has 0 N–H and O–H groups in total. The van der Waals surface area contributed by atoms with Gasteiger partial charge in [0.15, 0.2) is 0 Å². The summed E-state index contributed by atoms with van der Waals surface area (Å²) in [6.45, 7) is 2.48. The van der Waals surface area contributed by atoms with Crippen LogP contribution in [0.2, 0.25) is 5.02 Å². The van der Waals surface area contributed by atoms with Crippen molar-refractivity contribution in [3.63, 3.8) is 0 Å². The Morgan fingerprint density at radius 1 is 1.42 bits per heavy atom. The van der Waals surface area contributed by atoms with Crippen LogP contribution in [0.15, 0.2) is 29.4 Å². The summed E-state index contributed by atoms with van der Waals surface area (Å²) in [7, 11) is 0. The Morgan fingerprint density at radius 3 is 2.67 bits per heavy atom. The minimum atomic E-state index is 0.587. The van der Waals surface area contributed by atoms with Crippen molar-refractivity contribution in [3.8, 4) is 0 Å². The molecule has 0 unspecified atom stereocenters. The third kappa shape index (κ3) is 2.93. The van der Waals surface area contributed by atoms with E-state index in [-0.39, 0.29) is 0 Å². The second kappa shape index (κ2) is 4.78. The maximum atomic E-state index is 5.70. The normalized spacial score (nSPS) is 10.5. The van der Waals surface area contributed by atoms with Crippen molar-refractivity contribution in [2.45, 2.75) is 6.92 Å². The zero-order chi connectivity index (χ0) is 8.81. The molecule has 0 aliphatic heterocycles. The lowest BCUT2D eigenvalue weighted by Gasteiger charge is -1.93. The van der Waals surface area contributed by atoms with Crippen LogP contribution in [0.25, 0.3) is 0 Å². The van der Waals surface area contributed by atoms with Gasteiger partial charge in [-0.15, -0.1) is 0 Å². The smallest absolute Gasteiger partial charge is 0.114 e. The van der Waals surface area contributed by atoms with E-state index in [4.69, 9.17) is 16.4 Å². The highest BCUT2D eigenvalue weighted by molar-refractivity contribution is 6.30. The molecular formula is C9H10ClNO. The zero-order valence-electron chi connectivity index (χ0n) is 6.83. The molecule has 0 aromatic heterocycles. The summed E-state index contributed by atoms with van der Waals surface area (Å²) in [5.41, 5.74) is 0.979. The molecule has 0 aliphatic carbocycles. The zero-order valence-corrected chi connectivity index (χ0v) is 7.58. The van der Waals surface area contributed by atoms with Crippen LogP contribution < -0.4 is 0 Å². The third-order valence-electron chi connectivity index (χ3n) is 1.28. The predicted octanol–water partition coefficient (Wildman–Crippen LogP) is 2.71. The van der Waals surface area contributed by atoms with Gasteiger partial charge in [0, 0.05) is 5.02 Å². The molecule has 3 heteroatoms. The molecule has 64 valence electrons. The molecule has 0 radical (unpaired) electrons. The fraction of sp³-hybridized carbons (Fsp3) is 0.222. The van der Waals surface area contributed by atoms with E-state index < -0.39 is 0 Å². The average molecular weight is 184 g/mol. The summed E-state index contributed by atoms with van der Waals surface area (Å²) in [4.78, 5) is 4.80. The van der Waals surface area contributed by atoms with Crippen LogP contribution in [0.4, 0.5) is 0 Å². The maximum Gasteiger partial charge on any atom is 0.114 e. The standard InChI is InChI=1S/C9H10ClNO/c1-2-12-11-7-8-3-5-9(10)6-4-8/h3-7H,2H2,1H3/b11-7+. The van der Waals surface area contributed by atoms with E-state index in [2.05, 4.69) is 5.16 Å². The molecule has 1 aromatic carbocycles. The van der Waals surface area contributed by atoms with Gasteiger partial charge in [0.2, 0.25) is 0 Å². The maximum absolute atomic E-state index is 5.70. The molecular weight excluding hydrogens is 174 g/mol. The lowest BCUT2D eigenvalue weighted by molar-refractivity contribution is 0.160. The molecule has 0 saturated carbocycles. The van der Waals surface area contributed by atoms with Crippen LogP contribution in [0.5, 0.6) is 0 Å². The molecule has 1 rings (SSSR count). The number of hydrogen-bond donors (Lipinski definition) is 0. The second-order valence-electron chi connectivity index (χ2n) is 2.20. The molecule has 0 spiro atoms. The first-order valence-electron chi connectivity index (χ1n) is 3.74. The van der Waals surface area contributed by atoms with E-state index in [0.29, 0.717) is 6.61 Å². The van der Waals surface area contributed by atoms with Crippen LogP contribution in [-0.2, 0) is 4.84 Å². The largest absolute Gasteiger partial charge is 0.396 e. The molecule has 0 heterocycles. The molecule has 0 fully saturated rings. The molecule has 0 amide bonds. The van der Waals surface area contributed by atoms with E-state index in [1.54, 1.807) is 6.21 Å². The first-order valence-corrected chi connectivity index (χ1v) is 4.11. The summed E-state index contributed by atoms with van der Waals surface area (Å²) in [5, 5.41) is 4.45. The number of nitrogens with zero attached hydrogens (tertiary/aromatic N) is 1. The topological polar surface area (TPSA) is 21.6 Å². The van der Waals surface area contributed by atoms with Gasteiger partial charge in [-0.25, -0.2) is 0 Å². The number of rotatable bonds is 3. The Bertz CT molecular complexity index is 256. The molecule has 0 bridgehead atoms. The molecule has 0 atom stereocenters. The van der Waals surface area contributed by atoms with Gasteiger partial charge in [0.05, 0.1) is 6.21 Å². The van der Waals surface area contributed by atoms with Crippen molar-refractivity contribution in [3.05, 3.63) is 34.9 Å². The highest BCUT2D eigenvalue weighted by Crippen LogP contribution is 2.07. The summed E-state index contributed by atoms with van der Waals surface area (Å²) in [5.74, 6) is 0. The fourth-order valence-corrected chi connectivity index (χ4v) is 0.847. The van der Waals surface area contributed by atoms with Crippen molar-refractivity contribution < 1.29 is 4.84 Å². The van der Waals surface area contributed by atoms with E-state index in [0.717, 1.165) is 10.6 Å². The molecule has 0 aliphatic rings. The second-order valence-corrected chi connectivity index (χ2v) is 2.64. The first-order chi connectivity index (χ1) is 5.83. The van der Waals surface area contributed by atoms with Crippen molar-refractivity contribution in [2.75, 3.05) is 6.61 Å². The summed E-state index contributed by atoms with van der Waals surface area (Å²) in [6, 6.07) is 7.39. The predicted molar refractivity (Wildman–Crippen MR) is 50.7 cm³/mol. The first kappa shape index (κ1) is 9.07. The SMILES string of the molecule is CCO/N=C/c1ccc(Cl)cc1. The average Bonchev–Trinajstić information content (AvgIpc) is 2.09. The van der Waals surface area contributed by atoms with Gasteiger partial charge in [-0.2, -0.15) is 0 Å². The van der Waals surface area contributed by atoms with Gasteiger partial charge >= 0.3 is 0 Å². The van der Waals surface area contributed by atoms with E-state index >= 15 is 0 Å².